The van der Waals surface area contributed by atoms with E-state index in [0.29, 0.717) is 6.54 Å². The van der Waals surface area contributed by atoms with Gasteiger partial charge in [0.1, 0.15) is 11.5 Å². The molecule has 0 amide bonds. The zero-order valence-electron chi connectivity index (χ0n) is 11.7. The highest BCUT2D eigenvalue weighted by Gasteiger charge is 2.30. The smallest absolute Gasteiger partial charge is 0.118 e. The molecule has 0 saturated carbocycles. The van der Waals surface area contributed by atoms with Gasteiger partial charge < -0.3 is 14.9 Å². The van der Waals surface area contributed by atoms with Crippen molar-refractivity contribution in [3.63, 3.8) is 0 Å². The maximum Gasteiger partial charge on any atom is 0.118 e. The highest BCUT2D eigenvalue weighted by molar-refractivity contribution is 5.20. The summed E-state index contributed by atoms with van der Waals surface area (Å²) in [6.07, 6.45) is 2.32. The monoisotopic (exact) mass is 252 g/mol. The molecule has 0 aliphatic carbocycles. The number of methoxy groups -OCH3 is 1. The van der Waals surface area contributed by atoms with Crippen LogP contribution in [-0.2, 0) is 17.8 Å². The van der Waals surface area contributed by atoms with Crippen molar-refractivity contribution in [1.29, 1.82) is 0 Å². The van der Waals surface area contributed by atoms with Gasteiger partial charge in [0.05, 0.1) is 12.1 Å². The van der Waals surface area contributed by atoms with Gasteiger partial charge in [0.25, 0.3) is 0 Å². The fraction of sp³-hybridized carbons (Fsp3) is 0.714. The molecule has 1 saturated heterocycles. The molecule has 1 aromatic rings. The van der Waals surface area contributed by atoms with Crippen molar-refractivity contribution >= 4 is 0 Å². The third kappa shape index (κ3) is 2.94. The number of hydrogen-bond acceptors (Lipinski definition) is 4. The summed E-state index contributed by atoms with van der Waals surface area (Å²) in [6.45, 7) is 7.69. The average Bonchev–Trinajstić information content (AvgIpc) is 2.70. The lowest BCUT2D eigenvalue weighted by Crippen LogP contribution is -2.46. The van der Waals surface area contributed by atoms with Gasteiger partial charge in [-0.25, -0.2) is 0 Å². The molecule has 0 aromatic carbocycles. The number of ether oxygens (including phenoxy) is 1. The van der Waals surface area contributed by atoms with Crippen molar-refractivity contribution in [2.45, 2.75) is 45.4 Å². The Hall–Kier alpha value is -0.840. The lowest BCUT2D eigenvalue weighted by molar-refractivity contribution is -0.0527. The van der Waals surface area contributed by atoms with Crippen LogP contribution in [-0.4, -0.2) is 30.7 Å². The van der Waals surface area contributed by atoms with Crippen molar-refractivity contribution in [2.24, 2.45) is 5.73 Å². The molecule has 0 bridgehead atoms. The van der Waals surface area contributed by atoms with Crippen LogP contribution in [0, 0.1) is 6.92 Å². The zero-order chi connectivity index (χ0) is 13.2. The standard InChI is InChI=1S/C14H24N2O2/c1-11-12(7-13(8-15)18-11)9-16-6-4-5-14(2,10-16)17-3/h7H,4-6,8-10,15H2,1-3H3. The predicted molar refractivity (Wildman–Crippen MR) is 71.3 cm³/mol. The van der Waals surface area contributed by atoms with Crippen LogP contribution in [0.4, 0.5) is 0 Å². The summed E-state index contributed by atoms with van der Waals surface area (Å²) < 4.78 is 11.2. The van der Waals surface area contributed by atoms with Crippen LogP contribution in [0.2, 0.25) is 0 Å². The molecule has 4 heteroatoms. The van der Waals surface area contributed by atoms with Crippen LogP contribution in [0.1, 0.15) is 36.8 Å². The van der Waals surface area contributed by atoms with Gasteiger partial charge in [-0.3, -0.25) is 4.90 Å². The summed E-state index contributed by atoms with van der Waals surface area (Å²) >= 11 is 0. The van der Waals surface area contributed by atoms with E-state index >= 15 is 0 Å². The molecule has 1 aromatic heterocycles. The van der Waals surface area contributed by atoms with E-state index in [9.17, 15) is 0 Å². The van der Waals surface area contributed by atoms with Crippen LogP contribution >= 0.6 is 0 Å². The summed E-state index contributed by atoms with van der Waals surface area (Å²) in [6, 6.07) is 2.08. The molecule has 1 aliphatic rings. The van der Waals surface area contributed by atoms with Crippen molar-refractivity contribution in [3.8, 4) is 0 Å². The molecule has 0 spiro atoms. The molecular weight excluding hydrogens is 228 g/mol. The lowest BCUT2D eigenvalue weighted by atomic mass is 9.94. The largest absolute Gasteiger partial charge is 0.465 e. The molecule has 1 atom stereocenters. The molecular formula is C14H24N2O2. The Morgan fingerprint density at radius 3 is 2.94 bits per heavy atom. The molecule has 4 nitrogen and oxygen atoms in total. The number of hydrogen-bond donors (Lipinski definition) is 1. The van der Waals surface area contributed by atoms with E-state index in [1.54, 1.807) is 7.11 Å². The Kier molecular flexibility index (Phi) is 4.10. The van der Waals surface area contributed by atoms with Gasteiger partial charge in [0.15, 0.2) is 0 Å². The molecule has 18 heavy (non-hydrogen) atoms. The maximum absolute atomic E-state index is 5.62. The Labute approximate surface area is 109 Å². The number of piperidine rings is 1. The van der Waals surface area contributed by atoms with E-state index in [1.165, 1.54) is 12.0 Å². The van der Waals surface area contributed by atoms with Crippen LogP contribution in [0.3, 0.4) is 0 Å². The minimum atomic E-state index is -0.00735. The van der Waals surface area contributed by atoms with E-state index < -0.39 is 0 Å². The first-order valence-corrected chi connectivity index (χ1v) is 6.62. The van der Waals surface area contributed by atoms with Crippen LogP contribution in [0.25, 0.3) is 0 Å². The molecule has 0 radical (unpaired) electrons. The third-order valence-corrected chi connectivity index (χ3v) is 3.90. The topological polar surface area (TPSA) is 51.6 Å². The number of furan rings is 1. The van der Waals surface area contributed by atoms with Gasteiger partial charge in [-0.1, -0.05) is 0 Å². The van der Waals surface area contributed by atoms with Gasteiger partial charge in [0, 0.05) is 25.8 Å². The Morgan fingerprint density at radius 1 is 1.56 bits per heavy atom. The molecule has 2 rings (SSSR count). The molecule has 1 unspecified atom stereocenters. The first kappa shape index (κ1) is 13.6. The minimum absolute atomic E-state index is 0.00735. The summed E-state index contributed by atoms with van der Waals surface area (Å²) in [5.74, 6) is 1.86. The number of rotatable bonds is 4. The Morgan fingerprint density at radius 2 is 2.33 bits per heavy atom. The highest BCUT2D eigenvalue weighted by atomic mass is 16.5. The van der Waals surface area contributed by atoms with E-state index in [0.717, 1.165) is 37.6 Å². The Balaban J connectivity index is 2.02. The fourth-order valence-electron chi connectivity index (χ4n) is 2.70. The molecule has 102 valence electrons. The summed E-state index contributed by atoms with van der Waals surface area (Å²) in [4.78, 5) is 2.44. The first-order valence-electron chi connectivity index (χ1n) is 6.62. The van der Waals surface area contributed by atoms with Crippen molar-refractivity contribution in [2.75, 3.05) is 20.2 Å². The van der Waals surface area contributed by atoms with Gasteiger partial charge in [-0.05, 0) is 39.3 Å². The molecule has 1 aliphatic heterocycles. The third-order valence-electron chi connectivity index (χ3n) is 3.90. The lowest BCUT2D eigenvalue weighted by Gasteiger charge is -2.39. The van der Waals surface area contributed by atoms with Crippen molar-refractivity contribution < 1.29 is 9.15 Å². The first-order chi connectivity index (χ1) is 8.56. The van der Waals surface area contributed by atoms with E-state index in [1.807, 2.05) is 6.92 Å². The predicted octanol–water partition coefficient (Wildman–Crippen LogP) is 2.05. The van der Waals surface area contributed by atoms with Gasteiger partial charge in [0.2, 0.25) is 0 Å². The van der Waals surface area contributed by atoms with E-state index in [-0.39, 0.29) is 5.60 Å². The fourth-order valence-corrected chi connectivity index (χ4v) is 2.70. The van der Waals surface area contributed by atoms with Gasteiger partial charge >= 0.3 is 0 Å². The second-order valence-electron chi connectivity index (χ2n) is 5.47. The molecule has 2 heterocycles. The van der Waals surface area contributed by atoms with Crippen molar-refractivity contribution in [3.05, 3.63) is 23.2 Å². The number of likely N-dealkylation sites (tertiary alicyclic amines) is 1. The molecule has 1 fully saturated rings. The second-order valence-corrected chi connectivity index (χ2v) is 5.47. The number of aryl methyl sites for hydroxylation is 1. The molecule has 2 N–H and O–H groups in total. The van der Waals surface area contributed by atoms with Gasteiger partial charge in [-0.2, -0.15) is 0 Å². The van der Waals surface area contributed by atoms with Crippen LogP contribution in [0.15, 0.2) is 10.5 Å². The van der Waals surface area contributed by atoms with E-state index in [4.69, 9.17) is 14.9 Å². The number of nitrogens with two attached hydrogens (primary N) is 1. The SMILES string of the molecule is COC1(C)CCCN(Cc2cc(CN)oc2C)C1. The second kappa shape index (κ2) is 5.43. The normalized spacial score (nSPS) is 25.6. The Bertz CT molecular complexity index is 402. The summed E-state index contributed by atoms with van der Waals surface area (Å²) in [5, 5.41) is 0. The quantitative estimate of drug-likeness (QED) is 0.891. The summed E-state index contributed by atoms with van der Waals surface area (Å²) in [7, 11) is 1.80. The summed E-state index contributed by atoms with van der Waals surface area (Å²) in [5.41, 5.74) is 6.84. The van der Waals surface area contributed by atoms with Crippen molar-refractivity contribution in [1.82, 2.24) is 4.90 Å². The van der Waals surface area contributed by atoms with E-state index in [2.05, 4.69) is 17.9 Å². The van der Waals surface area contributed by atoms with Gasteiger partial charge in [-0.15, -0.1) is 0 Å². The van der Waals surface area contributed by atoms with Crippen LogP contribution in [0.5, 0.6) is 0 Å². The highest BCUT2D eigenvalue weighted by Crippen LogP contribution is 2.26. The maximum atomic E-state index is 5.62. The number of nitrogens with zero attached hydrogens (tertiary/aromatic N) is 1. The average molecular weight is 252 g/mol. The minimum Gasteiger partial charge on any atom is -0.465 e. The van der Waals surface area contributed by atoms with Crippen LogP contribution < -0.4 is 5.73 Å². The zero-order valence-corrected chi connectivity index (χ0v) is 11.7.